The predicted molar refractivity (Wildman–Crippen MR) is 75.6 cm³/mol. The van der Waals surface area contributed by atoms with Gasteiger partial charge in [0.2, 0.25) is 0 Å². The minimum atomic E-state index is -1.14. The van der Waals surface area contributed by atoms with Crippen LogP contribution >= 0.6 is 23.2 Å². The molecule has 1 aromatic heterocycles. The van der Waals surface area contributed by atoms with Crippen molar-refractivity contribution in [2.24, 2.45) is 0 Å². The van der Waals surface area contributed by atoms with Crippen molar-refractivity contribution in [1.82, 2.24) is 4.98 Å². The van der Waals surface area contributed by atoms with E-state index in [1.54, 1.807) is 12.1 Å². The van der Waals surface area contributed by atoms with Gasteiger partial charge < -0.3 is 10.4 Å². The molecule has 0 aliphatic rings. The quantitative estimate of drug-likeness (QED) is 0.852. The van der Waals surface area contributed by atoms with Crippen LogP contribution in [0.3, 0.4) is 0 Å². The summed E-state index contributed by atoms with van der Waals surface area (Å²) in [5, 5.41) is 11.8. The minimum absolute atomic E-state index is 0.0214. The summed E-state index contributed by atoms with van der Waals surface area (Å²) >= 11 is 11.5. The number of carbonyl (C=O) groups is 2. The topological polar surface area (TPSA) is 79.3 Å². The molecular formula is C13H8Cl2N2O3. The molecule has 0 unspecified atom stereocenters. The number of rotatable bonds is 3. The van der Waals surface area contributed by atoms with E-state index >= 15 is 0 Å². The zero-order chi connectivity index (χ0) is 14.7. The SMILES string of the molecule is O=C(O)c1cc(Cl)cc(NC(=O)c2cccc(Cl)n2)c1. The van der Waals surface area contributed by atoms with E-state index in [9.17, 15) is 9.59 Å². The Balaban J connectivity index is 2.26. The first-order chi connectivity index (χ1) is 9.45. The molecule has 0 atom stereocenters. The Labute approximate surface area is 124 Å². The van der Waals surface area contributed by atoms with Gasteiger partial charge in [0.25, 0.3) is 5.91 Å². The second-order valence-corrected chi connectivity index (χ2v) is 4.66. The van der Waals surface area contributed by atoms with Gasteiger partial charge in [0, 0.05) is 10.7 Å². The Morgan fingerprint density at radius 2 is 1.90 bits per heavy atom. The Bertz CT molecular complexity index is 689. The second-order valence-electron chi connectivity index (χ2n) is 3.83. The number of pyridine rings is 1. The number of nitrogens with zero attached hydrogens (tertiary/aromatic N) is 1. The maximum atomic E-state index is 11.9. The zero-order valence-electron chi connectivity index (χ0n) is 9.93. The Morgan fingerprint density at radius 3 is 2.55 bits per heavy atom. The van der Waals surface area contributed by atoms with Crippen molar-refractivity contribution >= 4 is 40.8 Å². The molecule has 0 saturated carbocycles. The number of aromatic carboxylic acids is 1. The molecule has 2 N–H and O–H groups in total. The molecule has 20 heavy (non-hydrogen) atoms. The highest BCUT2D eigenvalue weighted by Gasteiger charge is 2.11. The highest BCUT2D eigenvalue weighted by Crippen LogP contribution is 2.20. The van der Waals surface area contributed by atoms with Crippen molar-refractivity contribution in [2.45, 2.75) is 0 Å². The molecule has 0 fully saturated rings. The van der Waals surface area contributed by atoms with E-state index in [0.29, 0.717) is 0 Å². The Kier molecular flexibility index (Phi) is 4.22. The van der Waals surface area contributed by atoms with Gasteiger partial charge in [0.1, 0.15) is 10.8 Å². The van der Waals surface area contributed by atoms with E-state index in [1.807, 2.05) is 0 Å². The third kappa shape index (κ3) is 3.46. The summed E-state index contributed by atoms with van der Waals surface area (Å²) < 4.78 is 0. The van der Waals surface area contributed by atoms with Gasteiger partial charge in [0.15, 0.2) is 0 Å². The van der Waals surface area contributed by atoms with Crippen molar-refractivity contribution < 1.29 is 14.7 Å². The fourth-order valence-corrected chi connectivity index (χ4v) is 1.91. The van der Waals surface area contributed by atoms with Gasteiger partial charge in [-0.1, -0.05) is 29.3 Å². The van der Waals surface area contributed by atoms with Crippen molar-refractivity contribution in [3.63, 3.8) is 0 Å². The molecule has 2 aromatic rings. The van der Waals surface area contributed by atoms with Crippen LogP contribution < -0.4 is 5.32 Å². The maximum absolute atomic E-state index is 11.9. The molecule has 0 radical (unpaired) electrons. The standard InChI is InChI=1S/C13H8Cl2N2O3/c14-8-4-7(13(19)20)5-9(6-8)16-12(18)10-2-1-3-11(15)17-10/h1-6H,(H,16,18)(H,19,20). The van der Waals surface area contributed by atoms with E-state index in [-0.39, 0.29) is 27.1 Å². The van der Waals surface area contributed by atoms with Gasteiger partial charge in [-0.2, -0.15) is 0 Å². The van der Waals surface area contributed by atoms with E-state index < -0.39 is 11.9 Å². The maximum Gasteiger partial charge on any atom is 0.335 e. The molecule has 0 aliphatic carbocycles. The number of hydrogen-bond donors (Lipinski definition) is 2. The number of carboxylic acids is 1. The van der Waals surface area contributed by atoms with Gasteiger partial charge in [0.05, 0.1) is 5.56 Å². The monoisotopic (exact) mass is 310 g/mol. The molecule has 5 nitrogen and oxygen atoms in total. The number of aromatic nitrogens is 1. The second kappa shape index (κ2) is 5.90. The average molecular weight is 311 g/mol. The van der Waals surface area contributed by atoms with Crippen LogP contribution in [-0.2, 0) is 0 Å². The number of halogens is 2. The van der Waals surface area contributed by atoms with Crippen LogP contribution in [0.2, 0.25) is 10.2 Å². The predicted octanol–water partition coefficient (Wildman–Crippen LogP) is 3.34. The molecule has 1 heterocycles. The number of hydrogen-bond acceptors (Lipinski definition) is 3. The average Bonchev–Trinajstić information content (AvgIpc) is 2.37. The number of amides is 1. The Morgan fingerprint density at radius 1 is 1.15 bits per heavy atom. The third-order valence-corrected chi connectivity index (χ3v) is 2.78. The molecule has 1 amide bonds. The van der Waals surface area contributed by atoms with Crippen molar-refractivity contribution in [3.8, 4) is 0 Å². The van der Waals surface area contributed by atoms with Crippen LogP contribution in [0.15, 0.2) is 36.4 Å². The molecule has 7 heteroatoms. The van der Waals surface area contributed by atoms with Gasteiger partial charge in [-0.15, -0.1) is 0 Å². The summed E-state index contributed by atoms with van der Waals surface area (Å²) in [6, 6.07) is 8.65. The van der Waals surface area contributed by atoms with Crippen LogP contribution in [0.4, 0.5) is 5.69 Å². The van der Waals surface area contributed by atoms with Gasteiger partial charge >= 0.3 is 5.97 Å². The largest absolute Gasteiger partial charge is 0.478 e. The lowest BCUT2D eigenvalue weighted by Crippen LogP contribution is -2.14. The molecular weight excluding hydrogens is 303 g/mol. The summed E-state index contributed by atoms with van der Waals surface area (Å²) in [6.45, 7) is 0. The third-order valence-electron chi connectivity index (χ3n) is 2.35. The first-order valence-corrected chi connectivity index (χ1v) is 6.19. The number of carboxylic acid groups (broad SMARTS) is 1. The van der Waals surface area contributed by atoms with Crippen LogP contribution in [0.25, 0.3) is 0 Å². The number of benzene rings is 1. The molecule has 0 aliphatic heterocycles. The lowest BCUT2D eigenvalue weighted by Gasteiger charge is -2.06. The van der Waals surface area contributed by atoms with E-state index in [0.717, 1.165) is 0 Å². The number of nitrogens with one attached hydrogen (secondary N) is 1. The Hall–Kier alpha value is -2.11. The molecule has 0 bridgehead atoms. The lowest BCUT2D eigenvalue weighted by molar-refractivity contribution is 0.0696. The van der Waals surface area contributed by atoms with Gasteiger partial charge in [-0.05, 0) is 30.3 Å². The fourth-order valence-electron chi connectivity index (χ4n) is 1.52. The first-order valence-electron chi connectivity index (χ1n) is 5.43. The lowest BCUT2D eigenvalue weighted by atomic mass is 10.2. The molecule has 0 spiro atoms. The molecule has 0 saturated heterocycles. The number of anilines is 1. The van der Waals surface area contributed by atoms with Crippen LogP contribution in [0.5, 0.6) is 0 Å². The molecule has 1 aromatic carbocycles. The van der Waals surface area contributed by atoms with Crippen LogP contribution in [0, 0.1) is 0 Å². The summed E-state index contributed by atoms with van der Waals surface area (Å²) in [6.07, 6.45) is 0. The zero-order valence-corrected chi connectivity index (χ0v) is 11.4. The van der Waals surface area contributed by atoms with Crippen LogP contribution in [0.1, 0.15) is 20.8 Å². The van der Waals surface area contributed by atoms with E-state index in [4.69, 9.17) is 28.3 Å². The highest BCUT2D eigenvalue weighted by atomic mass is 35.5. The number of carbonyl (C=O) groups excluding carboxylic acids is 1. The van der Waals surface area contributed by atoms with Crippen molar-refractivity contribution in [3.05, 3.63) is 57.8 Å². The van der Waals surface area contributed by atoms with Gasteiger partial charge in [-0.3, -0.25) is 4.79 Å². The van der Waals surface area contributed by atoms with Crippen molar-refractivity contribution in [1.29, 1.82) is 0 Å². The normalized spacial score (nSPS) is 10.1. The minimum Gasteiger partial charge on any atom is -0.478 e. The molecule has 2 rings (SSSR count). The van der Waals surface area contributed by atoms with E-state index in [2.05, 4.69) is 10.3 Å². The van der Waals surface area contributed by atoms with Crippen LogP contribution in [-0.4, -0.2) is 22.0 Å². The van der Waals surface area contributed by atoms with Crippen molar-refractivity contribution in [2.75, 3.05) is 5.32 Å². The smallest absolute Gasteiger partial charge is 0.335 e. The summed E-state index contributed by atoms with van der Waals surface area (Å²) in [5.41, 5.74) is 0.364. The highest BCUT2D eigenvalue weighted by molar-refractivity contribution is 6.31. The summed E-state index contributed by atoms with van der Waals surface area (Å²) in [5.74, 6) is -1.64. The summed E-state index contributed by atoms with van der Waals surface area (Å²) in [7, 11) is 0. The molecule has 102 valence electrons. The fraction of sp³-hybridized carbons (Fsp3) is 0. The van der Waals surface area contributed by atoms with E-state index in [1.165, 1.54) is 24.3 Å². The first kappa shape index (κ1) is 14.3. The van der Waals surface area contributed by atoms with Gasteiger partial charge in [-0.25, -0.2) is 9.78 Å². The summed E-state index contributed by atoms with van der Waals surface area (Å²) in [4.78, 5) is 26.7.